The number of aryl methyl sites for hydroxylation is 1. The number of aromatic nitrogens is 1. The molecular formula is C24H30ClN2O5-. The van der Waals surface area contributed by atoms with E-state index in [0.29, 0.717) is 56.0 Å². The van der Waals surface area contributed by atoms with Crippen LogP contribution in [0.1, 0.15) is 52.0 Å². The second-order valence-electron chi connectivity index (χ2n) is 9.36. The average Bonchev–Trinajstić information content (AvgIpc) is 2.74. The molecule has 0 spiro atoms. The van der Waals surface area contributed by atoms with Gasteiger partial charge in [-0.15, -0.1) is 0 Å². The molecule has 1 amide bonds. The largest absolute Gasteiger partial charge is 0.550 e. The van der Waals surface area contributed by atoms with Crippen molar-refractivity contribution in [1.29, 1.82) is 0 Å². The summed E-state index contributed by atoms with van der Waals surface area (Å²) in [5.41, 5.74) is 0.182. The highest BCUT2D eigenvalue weighted by Crippen LogP contribution is 2.38. The van der Waals surface area contributed by atoms with E-state index < -0.39 is 23.1 Å². The molecule has 1 fully saturated rings. The summed E-state index contributed by atoms with van der Waals surface area (Å²) in [5.74, 6) is -0.350. The van der Waals surface area contributed by atoms with Crippen LogP contribution in [0.3, 0.4) is 0 Å². The molecule has 2 heterocycles. The van der Waals surface area contributed by atoms with Gasteiger partial charge in [0.05, 0.1) is 17.6 Å². The van der Waals surface area contributed by atoms with Gasteiger partial charge < -0.3 is 24.3 Å². The van der Waals surface area contributed by atoms with Crippen molar-refractivity contribution in [2.45, 2.75) is 58.5 Å². The smallest absolute Gasteiger partial charge is 0.410 e. The second-order valence-corrected chi connectivity index (χ2v) is 9.76. The predicted molar refractivity (Wildman–Crippen MR) is 121 cm³/mol. The van der Waals surface area contributed by atoms with Crippen LogP contribution in [-0.4, -0.2) is 47.7 Å². The SMILES string of the molecule is COc1ccc2ncc(Cl)c(CCCC3(C(=O)[O-])CCN(C(=O)OC(C)(C)C)CC3)c2c1. The predicted octanol–water partition coefficient (Wildman–Crippen LogP) is 3.99. The minimum Gasteiger partial charge on any atom is -0.550 e. The fourth-order valence-corrected chi connectivity index (χ4v) is 4.43. The molecule has 0 bridgehead atoms. The number of carboxylic acids is 1. The van der Waals surface area contributed by atoms with E-state index in [-0.39, 0.29) is 0 Å². The normalized spacial score (nSPS) is 16.1. The number of piperidine rings is 1. The number of hydrogen-bond acceptors (Lipinski definition) is 6. The quantitative estimate of drug-likeness (QED) is 0.646. The highest BCUT2D eigenvalue weighted by atomic mass is 35.5. The summed E-state index contributed by atoms with van der Waals surface area (Å²) < 4.78 is 10.7. The second kappa shape index (κ2) is 9.53. The zero-order valence-electron chi connectivity index (χ0n) is 19.1. The molecule has 3 rings (SSSR count). The number of halogens is 1. The summed E-state index contributed by atoms with van der Waals surface area (Å²) in [6, 6.07) is 5.62. The number of carboxylic acid groups (broad SMARTS) is 1. The molecule has 174 valence electrons. The standard InChI is InChI=1S/C24H31ClN2O5/c1-23(2,3)32-22(30)27-12-10-24(11-13-27,21(28)29)9-5-6-17-18-14-16(31-4)7-8-20(18)26-15-19(17)25/h7-8,14-15H,5-6,9-13H2,1-4H3,(H,28,29)/p-1. The molecule has 1 aromatic carbocycles. The number of benzene rings is 1. The number of carbonyl (C=O) groups is 2. The zero-order valence-corrected chi connectivity index (χ0v) is 19.8. The number of pyridine rings is 1. The Morgan fingerprint density at radius 1 is 1.25 bits per heavy atom. The van der Waals surface area contributed by atoms with Gasteiger partial charge in [0, 0.05) is 36.1 Å². The highest BCUT2D eigenvalue weighted by molar-refractivity contribution is 6.32. The van der Waals surface area contributed by atoms with Gasteiger partial charge in [0.15, 0.2) is 0 Å². The van der Waals surface area contributed by atoms with Gasteiger partial charge in [-0.2, -0.15) is 0 Å². The molecule has 1 aliphatic rings. The monoisotopic (exact) mass is 461 g/mol. The van der Waals surface area contributed by atoms with Crippen molar-refractivity contribution >= 4 is 34.6 Å². The molecule has 0 N–H and O–H groups in total. The van der Waals surface area contributed by atoms with E-state index in [4.69, 9.17) is 21.1 Å². The van der Waals surface area contributed by atoms with Crippen LogP contribution in [0.2, 0.25) is 5.02 Å². The van der Waals surface area contributed by atoms with Gasteiger partial charge in [0.1, 0.15) is 11.4 Å². The molecule has 0 radical (unpaired) electrons. The number of aliphatic carboxylic acids is 1. The number of carbonyl (C=O) groups excluding carboxylic acids is 2. The molecule has 2 aromatic rings. The Bertz CT molecular complexity index is 994. The van der Waals surface area contributed by atoms with Crippen molar-refractivity contribution in [2.24, 2.45) is 5.41 Å². The van der Waals surface area contributed by atoms with Crippen LogP contribution in [0.25, 0.3) is 10.9 Å². The number of ether oxygens (including phenoxy) is 2. The third-order valence-electron chi connectivity index (χ3n) is 6.02. The molecule has 8 heteroatoms. The summed E-state index contributed by atoms with van der Waals surface area (Å²) >= 11 is 6.43. The van der Waals surface area contributed by atoms with Crippen molar-refractivity contribution in [1.82, 2.24) is 9.88 Å². The first-order valence-corrected chi connectivity index (χ1v) is 11.2. The van der Waals surface area contributed by atoms with Gasteiger partial charge in [-0.25, -0.2) is 4.79 Å². The highest BCUT2D eigenvalue weighted by Gasteiger charge is 2.38. The van der Waals surface area contributed by atoms with E-state index >= 15 is 0 Å². The lowest BCUT2D eigenvalue weighted by molar-refractivity contribution is -0.321. The minimum absolute atomic E-state index is 0.332. The fraction of sp³-hybridized carbons (Fsp3) is 0.542. The Kier molecular flexibility index (Phi) is 7.18. The molecule has 32 heavy (non-hydrogen) atoms. The first-order valence-electron chi connectivity index (χ1n) is 10.9. The van der Waals surface area contributed by atoms with Crippen LogP contribution in [0.5, 0.6) is 5.75 Å². The first kappa shape index (κ1) is 24.1. The van der Waals surface area contributed by atoms with Gasteiger partial charge in [-0.3, -0.25) is 4.98 Å². The van der Waals surface area contributed by atoms with Crippen molar-refractivity contribution in [2.75, 3.05) is 20.2 Å². The topological polar surface area (TPSA) is 91.8 Å². The molecule has 0 atom stereocenters. The molecule has 7 nitrogen and oxygen atoms in total. The zero-order chi connectivity index (χ0) is 23.5. The van der Waals surface area contributed by atoms with Crippen molar-refractivity contribution < 1.29 is 24.2 Å². The Morgan fingerprint density at radius 2 is 1.94 bits per heavy atom. The van der Waals surface area contributed by atoms with Gasteiger partial charge in [-0.1, -0.05) is 11.6 Å². The first-order chi connectivity index (χ1) is 15.0. The Balaban J connectivity index is 1.68. The maximum absolute atomic E-state index is 12.3. The third-order valence-corrected chi connectivity index (χ3v) is 6.35. The van der Waals surface area contributed by atoms with Crippen LogP contribution in [0.15, 0.2) is 24.4 Å². The number of amides is 1. The van der Waals surface area contributed by atoms with Crippen LogP contribution in [-0.2, 0) is 16.0 Å². The lowest BCUT2D eigenvalue weighted by Gasteiger charge is -2.42. The summed E-state index contributed by atoms with van der Waals surface area (Å²) in [4.78, 5) is 30.3. The van der Waals surface area contributed by atoms with Gasteiger partial charge >= 0.3 is 6.09 Å². The Labute approximate surface area is 193 Å². The summed E-state index contributed by atoms with van der Waals surface area (Å²) in [5, 5.41) is 13.5. The van der Waals surface area contributed by atoms with Crippen molar-refractivity contribution in [3.05, 3.63) is 35.0 Å². The van der Waals surface area contributed by atoms with Crippen LogP contribution in [0.4, 0.5) is 4.79 Å². The lowest BCUT2D eigenvalue weighted by Crippen LogP contribution is -2.51. The summed E-state index contributed by atoms with van der Waals surface area (Å²) in [6.45, 7) is 6.09. The van der Waals surface area contributed by atoms with E-state index in [9.17, 15) is 14.7 Å². The Hall–Kier alpha value is -2.54. The number of fused-ring (bicyclic) bond motifs is 1. The van der Waals surface area contributed by atoms with Gasteiger partial charge in [0.2, 0.25) is 0 Å². The molecule has 0 unspecified atom stereocenters. The molecule has 1 aromatic heterocycles. The molecule has 0 aliphatic carbocycles. The molecular weight excluding hydrogens is 432 g/mol. The number of likely N-dealkylation sites (tertiary alicyclic amines) is 1. The maximum Gasteiger partial charge on any atom is 0.410 e. The summed E-state index contributed by atoms with van der Waals surface area (Å²) in [7, 11) is 1.60. The van der Waals surface area contributed by atoms with Gasteiger partial charge in [-0.05, 0) is 76.6 Å². The Morgan fingerprint density at radius 3 is 2.53 bits per heavy atom. The third kappa shape index (κ3) is 5.44. The number of rotatable bonds is 6. The summed E-state index contributed by atoms with van der Waals surface area (Å²) in [6.07, 6.45) is 3.57. The minimum atomic E-state index is -1.06. The molecule has 1 aliphatic heterocycles. The van der Waals surface area contributed by atoms with Gasteiger partial charge in [0.25, 0.3) is 0 Å². The average molecular weight is 462 g/mol. The maximum atomic E-state index is 12.3. The molecule has 1 saturated heterocycles. The van der Waals surface area contributed by atoms with E-state index in [2.05, 4.69) is 4.98 Å². The number of hydrogen-bond donors (Lipinski definition) is 0. The molecule has 0 saturated carbocycles. The van der Waals surface area contributed by atoms with Crippen molar-refractivity contribution in [3.63, 3.8) is 0 Å². The number of nitrogens with zero attached hydrogens (tertiary/aromatic N) is 2. The lowest BCUT2D eigenvalue weighted by atomic mass is 9.74. The van der Waals surface area contributed by atoms with Crippen LogP contribution in [0, 0.1) is 5.41 Å². The van der Waals surface area contributed by atoms with E-state index in [1.54, 1.807) is 18.2 Å². The fourth-order valence-electron chi connectivity index (χ4n) is 4.19. The van der Waals surface area contributed by atoms with Crippen LogP contribution >= 0.6 is 11.6 Å². The van der Waals surface area contributed by atoms with E-state index in [1.807, 2.05) is 39.0 Å². The van der Waals surface area contributed by atoms with Crippen molar-refractivity contribution in [3.8, 4) is 5.75 Å². The number of methoxy groups -OCH3 is 1. The van der Waals surface area contributed by atoms with E-state index in [1.165, 1.54) is 0 Å². The van der Waals surface area contributed by atoms with E-state index in [0.717, 1.165) is 16.5 Å². The van der Waals surface area contributed by atoms with Crippen LogP contribution < -0.4 is 9.84 Å².